The first-order valence-corrected chi connectivity index (χ1v) is 13.4. The number of nitriles is 1. The Morgan fingerprint density at radius 2 is 1.78 bits per heavy atom. The number of nitrogens with one attached hydrogen (secondary N) is 1. The van der Waals surface area contributed by atoms with Crippen LogP contribution < -0.4 is 20.1 Å². The first kappa shape index (κ1) is 27.6. The van der Waals surface area contributed by atoms with Gasteiger partial charge in [-0.2, -0.15) is 5.26 Å². The van der Waals surface area contributed by atoms with E-state index in [-0.39, 0.29) is 31.2 Å². The molecule has 0 aliphatic rings. The number of nitro groups is 1. The second-order valence-electron chi connectivity index (χ2n) is 8.46. The second-order valence-corrected chi connectivity index (χ2v) is 10.3. The molecule has 5 aromatic rings. The molecule has 0 saturated carbocycles. The molecule has 0 aliphatic heterocycles. The van der Waals surface area contributed by atoms with E-state index in [0.29, 0.717) is 27.8 Å². The number of aromatic nitrogens is 1. The molecule has 5 rings (SSSR count). The van der Waals surface area contributed by atoms with Crippen LogP contribution in [0.2, 0.25) is 10.0 Å². The first-order chi connectivity index (χ1) is 19.7. The quantitative estimate of drug-likeness (QED) is 0.201. The number of rotatable bonds is 6. The predicted octanol–water partition coefficient (Wildman–Crippen LogP) is 5.52. The number of anilines is 1. The molecule has 12 heteroatoms. The summed E-state index contributed by atoms with van der Waals surface area (Å²) in [7, 11) is 0. The van der Waals surface area contributed by atoms with Crippen molar-refractivity contribution in [2.24, 2.45) is 0 Å². The lowest BCUT2D eigenvalue weighted by atomic mass is 10.1. The molecule has 1 N–H and O–H groups in total. The number of carbonyl (C=O) groups is 1. The Hall–Kier alpha value is -4.95. The predicted molar refractivity (Wildman–Crippen MR) is 158 cm³/mol. The van der Waals surface area contributed by atoms with E-state index in [4.69, 9.17) is 27.6 Å². The Morgan fingerprint density at radius 1 is 1.05 bits per heavy atom. The molecule has 0 saturated heterocycles. The van der Waals surface area contributed by atoms with Crippen LogP contribution in [0.3, 0.4) is 0 Å². The zero-order chi connectivity index (χ0) is 29.1. The van der Waals surface area contributed by atoms with Crippen molar-refractivity contribution < 1.29 is 14.1 Å². The van der Waals surface area contributed by atoms with Crippen molar-refractivity contribution in [1.82, 2.24) is 4.57 Å². The maximum absolute atomic E-state index is 13.6. The van der Waals surface area contributed by atoms with Gasteiger partial charge in [0.25, 0.3) is 17.2 Å². The number of nitrogens with zero attached hydrogens (tertiary/aromatic N) is 3. The molecule has 0 spiro atoms. The van der Waals surface area contributed by atoms with Gasteiger partial charge in [-0.25, -0.2) is 0 Å². The van der Waals surface area contributed by atoms with Crippen molar-refractivity contribution in [3.05, 3.63) is 130 Å². The van der Waals surface area contributed by atoms with Crippen LogP contribution in [0, 0.1) is 21.4 Å². The molecule has 0 atom stereocenters. The van der Waals surface area contributed by atoms with Crippen molar-refractivity contribution in [1.29, 1.82) is 5.26 Å². The van der Waals surface area contributed by atoms with Crippen LogP contribution in [-0.2, 0) is 4.79 Å². The Bertz CT molecular complexity index is 2020. The van der Waals surface area contributed by atoms with Crippen LogP contribution in [0.25, 0.3) is 28.7 Å². The molecular formula is C29H16Cl2N4O5S. The molecule has 41 heavy (non-hydrogen) atoms. The van der Waals surface area contributed by atoms with Gasteiger partial charge in [0.2, 0.25) is 0 Å². The van der Waals surface area contributed by atoms with Crippen molar-refractivity contribution in [3.8, 4) is 23.1 Å². The Balaban J connectivity index is 1.63. The van der Waals surface area contributed by atoms with Gasteiger partial charge in [0.1, 0.15) is 22.3 Å². The summed E-state index contributed by atoms with van der Waals surface area (Å²) in [5, 5.41) is 24.1. The summed E-state index contributed by atoms with van der Waals surface area (Å²) in [5.41, 5.74) is 0.452. The molecule has 0 unspecified atom stereocenters. The molecule has 0 aliphatic carbocycles. The van der Waals surface area contributed by atoms with Crippen LogP contribution in [0.5, 0.6) is 0 Å². The lowest BCUT2D eigenvalue weighted by Gasteiger charge is -2.07. The van der Waals surface area contributed by atoms with Crippen molar-refractivity contribution >= 4 is 63.5 Å². The molecular weight excluding hydrogens is 587 g/mol. The lowest BCUT2D eigenvalue weighted by Crippen LogP contribution is -2.32. The number of amides is 1. The van der Waals surface area contributed by atoms with E-state index in [0.717, 1.165) is 11.3 Å². The number of thiazole rings is 1. The maximum atomic E-state index is 13.6. The fraction of sp³-hybridized carbons (Fsp3) is 0. The van der Waals surface area contributed by atoms with Gasteiger partial charge >= 0.3 is 0 Å². The summed E-state index contributed by atoms with van der Waals surface area (Å²) >= 11 is 13.2. The smallest absolute Gasteiger partial charge is 0.273 e. The molecule has 0 bridgehead atoms. The standard InChI is InChI=1S/C29H16Cl2N4O5S/c30-18-8-12-23(31)24(14-18)33-27(36)22(16-32)29-34(19-4-2-1-3-5-19)28(37)26(41-29)15-21-11-13-25(40-21)17-6-9-20(10-7-17)35(38)39/h1-15H,(H,33,36)/b26-15+,29-22+. The van der Waals surface area contributed by atoms with Gasteiger partial charge in [0.05, 0.1) is 25.9 Å². The van der Waals surface area contributed by atoms with E-state index in [9.17, 15) is 25.0 Å². The van der Waals surface area contributed by atoms with Crippen molar-refractivity contribution in [2.45, 2.75) is 0 Å². The molecule has 9 nitrogen and oxygen atoms in total. The molecule has 0 fully saturated rings. The number of para-hydroxylation sites is 1. The van der Waals surface area contributed by atoms with Gasteiger partial charge in [-0.15, -0.1) is 11.3 Å². The third-order valence-corrected chi connectivity index (χ3v) is 7.49. The van der Waals surface area contributed by atoms with E-state index >= 15 is 0 Å². The van der Waals surface area contributed by atoms with Gasteiger partial charge in [0, 0.05) is 28.8 Å². The van der Waals surface area contributed by atoms with Gasteiger partial charge in [-0.3, -0.25) is 24.3 Å². The van der Waals surface area contributed by atoms with Crippen molar-refractivity contribution in [2.75, 3.05) is 5.32 Å². The lowest BCUT2D eigenvalue weighted by molar-refractivity contribution is -0.384. The summed E-state index contributed by atoms with van der Waals surface area (Å²) in [5.74, 6) is -0.00176. The van der Waals surface area contributed by atoms with Crippen LogP contribution in [0.4, 0.5) is 11.4 Å². The average Bonchev–Trinajstić information content (AvgIpc) is 3.56. The SMILES string of the molecule is N#C/C(C(=O)Nc1cc(Cl)ccc1Cl)=c1\s/c(=C/c2ccc(-c3ccc([N+](=O)[O-])cc3)o2)c(=O)n1-c1ccccc1. The molecule has 202 valence electrons. The summed E-state index contributed by atoms with van der Waals surface area (Å²) in [6.45, 7) is 0. The summed E-state index contributed by atoms with van der Waals surface area (Å²) in [6.07, 6.45) is 1.51. The summed E-state index contributed by atoms with van der Waals surface area (Å²) in [6, 6.07) is 24.2. The Morgan fingerprint density at radius 3 is 2.46 bits per heavy atom. The highest BCUT2D eigenvalue weighted by Crippen LogP contribution is 2.26. The van der Waals surface area contributed by atoms with E-state index in [1.807, 2.05) is 6.07 Å². The maximum Gasteiger partial charge on any atom is 0.273 e. The fourth-order valence-electron chi connectivity index (χ4n) is 3.90. The van der Waals surface area contributed by atoms with E-state index in [2.05, 4.69) is 5.32 Å². The van der Waals surface area contributed by atoms with Gasteiger partial charge in [0.15, 0.2) is 5.57 Å². The topological polar surface area (TPSA) is 131 Å². The Labute approximate surface area is 245 Å². The molecule has 3 aromatic carbocycles. The number of halogens is 2. The number of hydrogen-bond acceptors (Lipinski definition) is 7. The number of carbonyl (C=O) groups excluding carboxylic acids is 1. The van der Waals surface area contributed by atoms with E-state index in [1.54, 1.807) is 60.7 Å². The second kappa shape index (κ2) is 11.7. The number of furan rings is 1. The average molecular weight is 603 g/mol. The molecule has 2 heterocycles. The van der Waals surface area contributed by atoms with E-state index in [1.165, 1.54) is 34.9 Å². The monoisotopic (exact) mass is 602 g/mol. The van der Waals surface area contributed by atoms with Crippen LogP contribution in [0.1, 0.15) is 5.76 Å². The summed E-state index contributed by atoms with van der Waals surface area (Å²) in [4.78, 5) is 37.3. The third-order valence-electron chi connectivity index (χ3n) is 5.83. The zero-order valence-corrected chi connectivity index (χ0v) is 23.0. The normalized spacial score (nSPS) is 12.1. The number of non-ortho nitro benzene ring substituents is 1. The Kier molecular flexibility index (Phi) is 7.85. The minimum absolute atomic E-state index is 0.0501. The van der Waals surface area contributed by atoms with Crippen LogP contribution in [-0.4, -0.2) is 15.4 Å². The number of nitro benzene ring substituents is 1. The number of hydrogen-bond donors (Lipinski definition) is 1. The minimum Gasteiger partial charge on any atom is -0.457 e. The molecule has 0 radical (unpaired) electrons. The highest BCUT2D eigenvalue weighted by Gasteiger charge is 2.18. The van der Waals surface area contributed by atoms with Gasteiger partial charge in [-0.1, -0.05) is 41.4 Å². The number of benzene rings is 3. The summed E-state index contributed by atoms with van der Waals surface area (Å²) < 4.78 is 7.47. The van der Waals surface area contributed by atoms with E-state index < -0.39 is 16.4 Å². The third kappa shape index (κ3) is 5.83. The molecule has 1 amide bonds. The fourth-order valence-corrected chi connectivity index (χ4v) is 5.32. The van der Waals surface area contributed by atoms with Crippen LogP contribution >= 0.6 is 34.5 Å². The highest BCUT2D eigenvalue weighted by molar-refractivity contribution is 7.07. The van der Waals surface area contributed by atoms with Crippen molar-refractivity contribution in [3.63, 3.8) is 0 Å². The van der Waals surface area contributed by atoms with Gasteiger partial charge < -0.3 is 9.73 Å². The van der Waals surface area contributed by atoms with Crippen LogP contribution in [0.15, 0.2) is 94.1 Å². The highest BCUT2D eigenvalue weighted by atomic mass is 35.5. The zero-order valence-electron chi connectivity index (χ0n) is 20.7. The molecule has 2 aromatic heterocycles. The largest absolute Gasteiger partial charge is 0.457 e. The van der Waals surface area contributed by atoms with Gasteiger partial charge in [-0.05, 0) is 54.6 Å². The minimum atomic E-state index is -0.771. The first-order valence-electron chi connectivity index (χ1n) is 11.8.